The van der Waals surface area contributed by atoms with E-state index in [0.29, 0.717) is 10.3 Å². The largest absolute Gasteiger partial charge is 0.463 e. The number of nitrogens with zero attached hydrogens (tertiary/aromatic N) is 3. The fourth-order valence-corrected chi connectivity index (χ4v) is 4.72. The third-order valence-electron chi connectivity index (χ3n) is 5.61. The molecule has 2 heterocycles. The van der Waals surface area contributed by atoms with Gasteiger partial charge in [0.15, 0.2) is 24.5 Å². The molecule has 3 rings (SSSR count). The fraction of sp³-hybridized carbons (Fsp3) is 0.520. The zero-order chi connectivity index (χ0) is 28.0. The van der Waals surface area contributed by atoms with E-state index in [4.69, 9.17) is 23.7 Å². The van der Waals surface area contributed by atoms with Crippen LogP contribution in [0.2, 0.25) is 0 Å². The number of benzene rings is 1. The summed E-state index contributed by atoms with van der Waals surface area (Å²) in [6.45, 7) is 6.46. The molecule has 5 atom stereocenters. The van der Waals surface area contributed by atoms with Gasteiger partial charge in [0, 0.05) is 33.3 Å². The maximum absolute atomic E-state index is 12.1. The molecule has 0 aliphatic carbocycles. The van der Waals surface area contributed by atoms with Crippen LogP contribution in [0.15, 0.2) is 28.9 Å². The highest BCUT2D eigenvalue weighted by molar-refractivity contribution is 9.10. The lowest BCUT2D eigenvalue weighted by Crippen LogP contribution is -2.60. The van der Waals surface area contributed by atoms with Crippen molar-refractivity contribution in [1.82, 2.24) is 15.0 Å². The van der Waals surface area contributed by atoms with Crippen LogP contribution in [0.1, 0.15) is 52.8 Å². The minimum absolute atomic E-state index is 0.341. The Morgan fingerprint density at radius 3 is 2.03 bits per heavy atom. The van der Waals surface area contributed by atoms with Crippen LogP contribution in [0, 0.1) is 0 Å². The zero-order valence-electron chi connectivity index (χ0n) is 21.7. The first kappa shape index (κ1) is 29.2. The first-order chi connectivity index (χ1) is 18.0. The maximum Gasteiger partial charge on any atom is 0.303 e. The second kappa shape index (κ2) is 13.0. The van der Waals surface area contributed by atoms with Crippen molar-refractivity contribution in [2.75, 3.05) is 6.61 Å². The quantitative estimate of drug-likeness (QED) is 0.311. The van der Waals surface area contributed by atoms with Gasteiger partial charge in [-0.2, -0.15) is 0 Å². The molecule has 0 radical (unpaired) electrons. The average molecular weight is 596 g/mol. The van der Waals surface area contributed by atoms with Gasteiger partial charge in [0.05, 0.1) is 0 Å². The van der Waals surface area contributed by atoms with Crippen LogP contribution in [0.3, 0.4) is 0 Å². The lowest BCUT2D eigenvalue weighted by molar-refractivity contribution is -0.270. The lowest BCUT2D eigenvalue weighted by atomic mass is 9.97. The predicted octanol–water partition coefficient (Wildman–Crippen LogP) is 2.92. The van der Waals surface area contributed by atoms with E-state index in [1.807, 2.05) is 24.3 Å². The van der Waals surface area contributed by atoms with Crippen LogP contribution in [0.25, 0.3) is 11.3 Å². The molecule has 0 N–H and O–H groups in total. The zero-order valence-corrected chi connectivity index (χ0v) is 23.3. The Kier molecular flexibility index (Phi) is 9.97. The molecule has 5 unspecified atom stereocenters. The van der Waals surface area contributed by atoms with Gasteiger partial charge in [-0.1, -0.05) is 42.8 Å². The van der Waals surface area contributed by atoms with Gasteiger partial charge in [0.25, 0.3) is 0 Å². The van der Waals surface area contributed by atoms with Crippen molar-refractivity contribution in [2.24, 2.45) is 0 Å². The molecule has 13 heteroatoms. The number of rotatable bonds is 9. The normalized spacial score (nSPS) is 22.8. The lowest BCUT2D eigenvalue weighted by Gasteiger charge is -2.44. The van der Waals surface area contributed by atoms with Gasteiger partial charge in [-0.05, 0) is 27.9 Å². The highest BCUT2D eigenvalue weighted by atomic mass is 79.9. The van der Waals surface area contributed by atoms with Crippen molar-refractivity contribution < 1.29 is 42.9 Å². The molecule has 0 amide bonds. The first-order valence-corrected chi connectivity index (χ1v) is 12.8. The first-order valence-electron chi connectivity index (χ1n) is 12.0. The molecular formula is C25H30BrN3O9. The number of esters is 4. The summed E-state index contributed by atoms with van der Waals surface area (Å²) in [7, 11) is 0. The molecular weight excluding hydrogens is 566 g/mol. The van der Waals surface area contributed by atoms with E-state index in [-0.39, 0.29) is 6.61 Å². The molecule has 1 fully saturated rings. The maximum atomic E-state index is 12.1. The van der Waals surface area contributed by atoms with Crippen molar-refractivity contribution in [3.05, 3.63) is 34.4 Å². The summed E-state index contributed by atoms with van der Waals surface area (Å²) in [5, 5.41) is 8.48. The molecule has 1 aliphatic heterocycles. The number of aryl methyl sites for hydroxylation is 1. The van der Waals surface area contributed by atoms with Crippen molar-refractivity contribution in [1.29, 1.82) is 0 Å². The third-order valence-corrected chi connectivity index (χ3v) is 6.35. The van der Waals surface area contributed by atoms with Crippen molar-refractivity contribution >= 4 is 39.8 Å². The van der Waals surface area contributed by atoms with E-state index in [0.717, 1.165) is 32.3 Å². The molecule has 1 saturated heterocycles. The van der Waals surface area contributed by atoms with Crippen LogP contribution >= 0.6 is 15.9 Å². The van der Waals surface area contributed by atoms with Gasteiger partial charge in [-0.15, -0.1) is 5.10 Å². The standard InChI is InChI=1S/C25H30BrN3O9/c1-6-7-17-8-10-18(11-9-17)20-24(26)29(28-27-20)25-23(37-16(5)33)22(36-15(4)32)21(35-14(3)31)19(38-25)12-34-13(2)30/h8-11,19,21-23,25H,6-7,12H2,1-5H3. The number of carbonyl (C=O) groups is 4. The monoisotopic (exact) mass is 595 g/mol. The summed E-state index contributed by atoms with van der Waals surface area (Å²) >= 11 is 3.51. The average Bonchev–Trinajstić information content (AvgIpc) is 3.21. The van der Waals surface area contributed by atoms with Crippen LogP contribution in [-0.2, 0) is 49.3 Å². The molecule has 12 nitrogen and oxygen atoms in total. The summed E-state index contributed by atoms with van der Waals surface area (Å²) in [6, 6.07) is 7.83. The number of carbonyl (C=O) groups excluding carboxylic acids is 4. The molecule has 0 spiro atoms. The van der Waals surface area contributed by atoms with Gasteiger partial charge in [-0.3, -0.25) is 19.2 Å². The van der Waals surface area contributed by atoms with Crippen molar-refractivity contribution in [3.8, 4) is 11.3 Å². The molecule has 0 bridgehead atoms. The van der Waals surface area contributed by atoms with E-state index in [1.54, 1.807) is 0 Å². The van der Waals surface area contributed by atoms with Crippen LogP contribution < -0.4 is 0 Å². The number of aromatic nitrogens is 3. The van der Waals surface area contributed by atoms with Crippen molar-refractivity contribution in [2.45, 2.75) is 78.1 Å². The van der Waals surface area contributed by atoms with Crippen LogP contribution in [0.4, 0.5) is 0 Å². The number of hydrogen-bond donors (Lipinski definition) is 0. The molecule has 0 saturated carbocycles. The van der Waals surface area contributed by atoms with E-state index < -0.39 is 54.5 Å². The number of halogens is 1. The summed E-state index contributed by atoms with van der Waals surface area (Å²) < 4.78 is 29.4. The highest BCUT2D eigenvalue weighted by Gasteiger charge is 2.53. The molecule has 1 aromatic carbocycles. The topological polar surface area (TPSA) is 145 Å². The predicted molar refractivity (Wildman–Crippen MR) is 134 cm³/mol. The SMILES string of the molecule is CCCc1ccc(-c2nnn(C3OC(COC(C)=O)C(OC(C)=O)C(OC(C)=O)C3OC(C)=O)c2Br)cc1. The van der Waals surface area contributed by atoms with Gasteiger partial charge >= 0.3 is 23.9 Å². The Bertz CT molecular complexity index is 1170. The van der Waals surface area contributed by atoms with Gasteiger partial charge < -0.3 is 23.7 Å². The van der Waals surface area contributed by atoms with E-state index in [1.165, 1.54) is 24.1 Å². The third kappa shape index (κ3) is 7.16. The molecule has 38 heavy (non-hydrogen) atoms. The highest BCUT2D eigenvalue weighted by Crippen LogP contribution is 2.37. The van der Waals surface area contributed by atoms with Gasteiger partial charge in [0.2, 0.25) is 0 Å². The molecule has 206 valence electrons. The van der Waals surface area contributed by atoms with Gasteiger partial charge in [0.1, 0.15) is 23.0 Å². The molecule has 1 aliphatic rings. The Morgan fingerprint density at radius 1 is 0.895 bits per heavy atom. The van der Waals surface area contributed by atoms with Crippen LogP contribution in [0.5, 0.6) is 0 Å². The summed E-state index contributed by atoms with van der Waals surface area (Å²) in [5.74, 6) is -2.74. The van der Waals surface area contributed by atoms with E-state index in [9.17, 15) is 19.2 Å². The minimum Gasteiger partial charge on any atom is -0.463 e. The number of hydrogen-bond acceptors (Lipinski definition) is 11. The Labute approximate surface area is 228 Å². The Morgan fingerprint density at radius 2 is 1.47 bits per heavy atom. The van der Waals surface area contributed by atoms with E-state index in [2.05, 4.69) is 33.2 Å². The smallest absolute Gasteiger partial charge is 0.303 e. The second-order valence-electron chi connectivity index (χ2n) is 8.71. The number of ether oxygens (including phenoxy) is 5. The summed E-state index contributed by atoms with van der Waals surface area (Å²) in [5.41, 5.74) is 2.44. The summed E-state index contributed by atoms with van der Waals surface area (Å²) in [6.07, 6.45) is -4.22. The molecule has 2 aromatic rings. The second-order valence-corrected chi connectivity index (χ2v) is 9.46. The van der Waals surface area contributed by atoms with E-state index >= 15 is 0 Å². The summed E-state index contributed by atoms with van der Waals surface area (Å²) in [4.78, 5) is 47.6. The van der Waals surface area contributed by atoms with Crippen molar-refractivity contribution in [3.63, 3.8) is 0 Å². The minimum atomic E-state index is -1.31. The van der Waals surface area contributed by atoms with Gasteiger partial charge in [-0.25, -0.2) is 4.68 Å². The Hall–Kier alpha value is -3.32. The fourth-order valence-electron chi connectivity index (χ4n) is 4.14. The van der Waals surface area contributed by atoms with Crippen LogP contribution in [-0.4, -0.2) is 69.9 Å². The molecule has 1 aromatic heterocycles. The Balaban J connectivity index is 2.06.